The van der Waals surface area contributed by atoms with Gasteiger partial charge in [-0.05, 0) is 62.9 Å². The normalized spacial score (nSPS) is 28.1. The Balaban J connectivity index is 1.82. The van der Waals surface area contributed by atoms with Crippen LogP contribution in [0.15, 0.2) is 24.3 Å². The molecule has 1 saturated heterocycles. The van der Waals surface area contributed by atoms with Crippen molar-refractivity contribution in [3.05, 3.63) is 29.8 Å². The van der Waals surface area contributed by atoms with Crippen molar-refractivity contribution in [1.29, 1.82) is 0 Å². The Morgan fingerprint density at radius 3 is 2.71 bits per heavy atom. The van der Waals surface area contributed by atoms with E-state index in [-0.39, 0.29) is 17.6 Å². The molecule has 0 spiro atoms. The molecule has 0 amide bonds. The number of aliphatic hydroxyl groups excluding tert-OH is 1. The van der Waals surface area contributed by atoms with Crippen molar-refractivity contribution in [3.8, 4) is 5.75 Å². The lowest BCUT2D eigenvalue weighted by atomic mass is 9.74. The number of alkyl halides is 3. The van der Waals surface area contributed by atoms with E-state index < -0.39 is 12.5 Å². The van der Waals surface area contributed by atoms with Crippen molar-refractivity contribution >= 4 is 0 Å². The van der Waals surface area contributed by atoms with Crippen LogP contribution in [0.3, 0.4) is 0 Å². The molecule has 3 unspecified atom stereocenters. The summed E-state index contributed by atoms with van der Waals surface area (Å²) in [5.41, 5.74) is 0.819. The van der Waals surface area contributed by atoms with Crippen LogP contribution in [-0.4, -0.2) is 55.2 Å². The van der Waals surface area contributed by atoms with Gasteiger partial charge in [-0.15, -0.1) is 13.2 Å². The van der Waals surface area contributed by atoms with Gasteiger partial charge in [0.2, 0.25) is 0 Å². The predicted molar refractivity (Wildman–Crippen MR) is 102 cm³/mol. The van der Waals surface area contributed by atoms with Gasteiger partial charge in [0.25, 0.3) is 0 Å². The second-order valence-electron chi connectivity index (χ2n) is 8.13. The molecule has 3 rings (SSSR count). The van der Waals surface area contributed by atoms with Gasteiger partial charge in [-0.2, -0.15) is 0 Å². The van der Waals surface area contributed by atoms with Crippen molar-refractivity contribution in [2.45, 2.75) is 63.0 Å². The maximum Gasteiger partial charge on any atom is 0.573 e. The van der Waals surface area contributed by atoms with E-state index >= 15 is 0 Å². The number of hydrogen-bond acceptors (Lipinski definition) is 4. The predicted octanol–water partition coefficient (Wildman–Crippen LogP) is 3.90. The molecule has 28 heavy (non-hydrogen) atoms. The van der Waals surface area contributed by atoms with Crippen molar-refractivity contribution < 1.29 is 23.0 Å². The summed E-state index contributed by atoms with van der Waals surface area (Å²) in [7, 11) is 1.97. The Morgan fingerprint density at radius 2 is 2.00 bits per heavy atom. The van der Waals surface area contributed by atoms with Crippen molar-refractivity contribution in [2.75, 3.05) is 26.7 Å². The first kappa shape index (κ1) is 21.4. The number of rotatable bonds is 6. The number of nitrogens with one attached hydrogen (secondary N) is 1. The number of hydrogen-bond donors (Lipinski definition) is 2. The molecule has 1 aliphatic carbocycles. The summed E-state index contributed by atoms with van der Waals surface area (Å²) >= 11 is 0. The minimum atomic E-state index is -4.70. The van der Waals surface area contributed by atoms with Crippen LogP contribution in [0.5, 0.6) is 5.75 Å². The van der Waals surface area contributed by atoms with E-state index in [0.29, 0.717) is 6.04 Å². The minimum absolute atomic E-state index is 0.0114. The average molecular weight is 400 g/mol. The molecule has 4 nitrogen and oxygen atoms in total. The summed E-state index contributed by atoms with van der Waals surface area (Å²) in [5.74, 6) is -0.139. The first-order chi connectivity index (χ1) is 13.4. The van der Waals surface area contributed by atoms with Crippen LogP contribution >= 0.6 is 0 Å². The van der Waals surface area contributed by atoms with E-state index in [9.17, 15) is 18.3 Å². The SMILES string of the molecule is CN[C@H]1CCCN(CC(c2cccc(OC(F)(F)F)c2)C2CCCCC2O)C1. The van der Waals surface area contributed by atoms with Gasteiger partial charge < -0.3 is 20.1 Å². The molecule has 1 aliphatic heterocycles. The number of halogens is 3. The molecule has 1 aromatic carbocycles. The van der Waals surface area contributed by atoms with Gasteiger partial charge in [0.05, 0.1) is 6.10 Å². The van der Waals surface area contributed by atoms with Gasteiger partial charge in [0.15, 0.2) is 0 Å². The number of likely N-dealkylation sites (tertiary alicyclic amines) is 1. The molecule has 2 fully saturated rings. The van der Waals surface area contributed by atoms with E-state index in [1.54, 1.807) is 6.07 Å². The standard InChI is InChI=1S/C21H31F3N2O2/c1-25-16-7-5-11-26(13-16)14-19(18-9-2-3-10-20(18)27)15-6-4-8-17(12-15)28-21(22,23)24/h4,6,8,12,16,18-20,25,27H,2-3,5,7,9-11,13-14H2,1H3/t16-,18?,19?,20?/m0/s1. The van der Waals surface area contributed by atoms with Gasteiger partial charge in [-0.3, -0.25) is 0 Å². The molecule has 0 bridgehead atoms. The van der Waals surface area contributed by atoms with Gasteiger partial charge in [-0.25, -0.2) is 0 Å². The second kappa shape index (κ2) is 9.46. The first-order valence-electron chi connectivity index (χ1n) is 10.3. The topological polar surface area (TPSA) is 44.7 Å². The molecule has 0 radical (unpaired) electrons. The van der Waals surface area contributed by atoms with Gasteiger partial charge in [0, 0.05) is 25.0 Å². The maximum absolute atomic E-state index is 12.7. The monoisotopic (exact) mass is 400 g/mol. The zero-order chi connectivity index (χ0) is 20.1. The van der Waals surface area contributed by atoms with E-state index in [1.807, 2.05) is 13.1 Å². The van der Waals surface area contributed by atoms with Gasteiger partial charge >= 0.3 is 6.36 Å². The highest BCUT2D eigenvalue weighted by Gasteiger charge is 2.35. The molecule has 158 valence electrons. The summed E-state index contributed by atoms with van der Waals surface area (Å²) in [4.78, 5) is 2.38. The van der Waals surface area contributed by atoms with Crippen LogP contribution in [0.2, 0.25) is 0 Å². The summed E-state index contributed by atoms with van der Waals surface area (Å²) in [6, 6.07) is 6.76. The Bertz CT molecular complexity index is 626. The molecule has 1 aromatic rings. The zero-order valence-corrected chi connectivity index (χ0v) is 16.4. The Morgan fingerprint density at radius 1 is 1.21 bits per heavy atom. The summed E-state index contributed by atoms with van der Waals surface area (Å²) < 4.78 is 42.1. The number of aliphatic hydroxyl groups is 1. The average Bonchev–Trinajstić information content (AvgIpc) is 2.66. The fourth-order valence-corrected chi connectivity index (χ4v) is 4.77. The zero-order valence-electron chi connectivity index (χ0n) is 16.4. The van der Waals surface area contributed by atoms with Crippen molar-refractivity contribution in [2.24, 2.45) is 5.92 Å². The lowest BCUT2D eigenvalue weighted by Gasteiger charge is -2.40. The minimum Gasteiger partial charge on any atom is -0.406 e. The fourth-order valence-electron chi connectivity index (χ4n) is 4.77. The van der Waals surface area contributed by atoms with E-state index in [0.717, 1.165) is 63.7 Å². The highest BCUT2D eigenvalue weighted by molar-refractivity contribution is 5.32. The van der Waals surface area contributed by atoms with Crippen LogP contribution in [0, 0.1) is 5.92 Å². The smallest absolute Gasteiger partial charge is 0.406 e. The number of piperidine rings is 1. The van der Waals surface area contributed by atoms with E-state index in [1.165, 1.54) is 12.1 Å². The number of benzene rings is 1. The maximum atomic E-state index is 12.7. The number of ether oxygens (including phenoxy) is 1. The quantitative estimate of drug-likeness (QED) is 0.760. The number of nitrogens with zero attached hydrogens (tertiary/aromatic N) is 1. The highest BCUT2D eigenvalue weighted by Crippen LogP contribution is 2.38. The van der Waals surface area contributed by atoms with Gasteiger partial charge in [0.1, 0.15) is 5.75 Å². The fraction of sp³-hybridized carbons (Fsp3) is 0.714. The Hall–Kier alpha value is -1.31. The van der Waals surface area contributed by atoms with Crippen LogP contribution in [0.1, 0.15) is 50.0 Å². The Labute approximate surface area is 165 Å². The molecular weight excluding hydrogens is 369 g/mol. The van der Waals surface area contributed by atoms with Crippen LogP contribution < -0.4 is 10.1 Å². The summed E-state index contributed by atoms with van der Waals surface area (Å²) in [6.07, 6.45) is 0.852. The molecule has 0 aromatic heterocycles. The van der Waals surface area contributed by atoms with E-state index in [2.05, 4.69) is 15.0 Å². The first-order valence-corrected chi connectivity index (χ1v) is 10.3. The van der Waals surface area contributed by atoms with Crippen LogP contribution in [0.4, 0.5) is 13.2 Å². The lowest BCUT2D eigenvalue weighted by molar-refractivity contribution is -0.274. The second-order valence-corrected chi connectivity index (χ2v) is 8.13. The number of likely N-dealkylation sites (N-methyl/N-ethyl adjacent to an activating group) is 1. The highest BCUT2D eigenvalue weighted by atomic mass is 19.4. The molecule has 4 atom stereocenters. The lowest BCUT2D eigenvalue weighted by Crippen LogP contribution is -2.47. The summed E-state index contributed by atoms with van der Waals surface area (Å²) in [5, 5.41) is 14.0. The molecule has 1 heterocycles. The summed E-state index contributed by atoms with van der Waals surface area (Å²) in [6.45, 7) is 2.65. The van der Waals surface area contributed by atoms with E-state index in [4.69, 9.17) is 0 Å². The molecular formula is C21H31F3N2O2. The van der Waals surface area contributed by atoms with Crippen LogP contribution in [0.25, 0.3) is 0 Å². The Kier molecular flexibility index (Phi) is 7.23. The molecule has 2 N–H and O–H groups in total. The van der Waals surface area contributed by atoms with Crippen molar-refractivity contribution in [1.82, 2.24) is 10.2 Å². The molecule has 2 aliphatic rings. The van der Waals surface area contributed by atoms with Crippen molar-refractivity contribution in [3.63, 3.8) is 0 Å². The van der Waals surface area contributed by atoms with Gasteiger partial charge in [-0.1, -0.05) is 25.0 Å². The third-order valence-electron chi connectivity index (χ3n) is 6.19. The molecule has 7 heteroatoms. The third kappa shape index (κ3) is 5.84. The largest absolute Gasteiger partial charge is 0.573 e. The molecule has 1 saturated carbocycles. The third-order valence-corrected chi connectivity index (χ3v) is 6.19. The van der Waals surface area contributed by atoms with Crippen LogP contribution in [-0.2, 0) is 0 Å².